The van der Waals surface area contributed by atoms with Crippen LogP contribution in [-0.4, -0.2) is 10.1 Å². The van der Waals surface area contributed by atoms with Gasteiger partial charge >= 0.3 is 0 Å². The molecule has 3 heteroatoms. The van der Waals surface area contributed by atoms with E-state index in [-0.39, 0.29) is 0 Å². The van der Waals surface area contributed by atoms with Gasteiger partial charge in [-0.2, -0.15) is 5.10 Å². The third kappa shape index (κ3) is 5.50. The second-order valence-electron chi connectivity index (χ2n) is 4.99. The van der Waals surface area contributed by atoms with Crippen LogP contribution in [0.15, 0.2) is 65.8 Å². The standard InChI is InChI=1S/C18H21IN2/c1-16(19)10-8-9-15-20-21(17-11-4-2-5-12-17)18-13-6-3-7-14-18/h2-7,11-16H,8-10H2,1H3/b20-15+. The number of nitrogens with zero attached hydrogens (tertiary/aromatic N) is 2. The number of hydrazone groups is 1. The third-order valence-electron chi connectivity index (χ3n) is 3.13. The summed E-state index contributed by atoms with van der Waals surface area (Å²) in [6.45, 7) is 2.25. The smallest absolute Gasteiger partial charge is 0.0652 e. The Balaban J connectivity index is 2.08. The molecule has 21 heavy (non-hydrogen) atoms. The molecule has 0 saturated carbocycles. The average Bonchev–Trinajstić information content (AvgIpc) is 2.52. The molecule has 0 fully saturated rings. The van der Waals surface area contributed by atoms with Gasteiger partial charge in [0.25, 0.3) is 0 Å². The van der Waals surface area contributed by atoms with Gasteiger partial charge in [0.05, 0.1) is 11.4 Å². The lowest BCUT2D eigenvalue weighted by atomic mass is 10.2. The number of rotatable bonds is 7. The maximum atomic E-state index is 4.67. The Bertz CT molecular complexity index is 498. The summed E-state index contributed by atoms with van der Waals surface area (Å²) >= 11 is 2.47. The van der Waals surface area contributed by atoms with E-state index >= 15 is 0 Å². The molecule has 2 aromatic rings. The van der Waals surface area contributed by atoms with E-state index in [0.29, 0.717) is 0 Å². The number of halogens is 1. The lowest BCUT2D eigenvalue weighted by molar-refractivity contribution is 0.776. The minimum Gasteiger partial charge on any atom is -0.234 e. The van der Waals surface area contributed by atoms with Gasteiger partial charge in [0.2, 0.25) is 0 Å². The van der Waals surface area contributed by atoms with Crippen LogP contribution in [-0.2, 0) is 0 Å². The van der Waals surface area contributed by atoms with Crippen molar-refractivity contribution in [1.29, 1.82) is 0 Å². The van der Waals surface area contributed by atoms with Crippen LogP contribution in [0.5, 0.6) is 0 Å². The predicted molar refractivity (Wildman–Crippen MR) is 101 cm³/mol. The zero-order valence-electron chi connectivity index (χ0n) is 12.3. The van der Waals surface area contributed by atoms with Gasteiger partial charge in [-0.1, -0.05) is 65.9 Å². The highest BCUT2D eigenvalue weighted by Gasteiger charge is 2.05. The van der Waals surface area contributed by atoms with Crippen LogP contribution in [0.2, 0.25) is 0 Å². The average molecular weight is 392 g/mol. The Hall–Kier alpha value is -1.36. The van der Waals surface area contributed by atoms with Gasteiger partial charge in [-0.15, -0.1) is 0 Å². The molecule has 0 radical (unpaired) electrons. The van der Waals surface area contributed by atoms with Crippen molar-refractivity contribution in [2.75, 3.05) is 5.01 Å². The maximum absolute atomic E-state index is 4.67. The summed E-state index contributed by atoms with van der Waals surface area (Å²) in [5.74, 6) is 0. The molecule has 0 spiro atoms. The van der Waals surface area contributed by atoms with Gasteiger partial charge in [-0.25, -0.2) is 5.01 Å². The molecule has 1 atom stereocenters. The van der Waals surface area contributed by atoms with E-state index < -0.39 is 0 Å². The van der Waals surface area contributed by atoms with E-state index in [1.807, 2.05) is 47.6 Å². The fraction of sp³-hybridized carbons (Fsp3) is 0.278. The Morgan fingerprint density at radius 2 is 1.52 bits per heavy atom. The molecule has 0 bridgehead atoms. The van der Waals surface area contributed by atoms with Crippen molar-refractivity contribution in [3.8, 4) is 0 Å². The summed E-state index contributed by atoms with van der Waals surface area (Å²) in [6.07, 6.45) is 5.47. The third-order valence-corrected chi connectivity index (χ3v) is 3.76. The molecule has 110 valence electrons. The summed E-state index contributed by atoms with van der Waals surface area (Å²) in [4.78, 5) is 0. The summed E-state index contributed by atoms with van der Waals surface area (Å²) in [7, 11) is 0. The first-order valence-electron chi connectivity index (χ1n) is 7.34. The van der Waals surface area contributed by atoms with E-state index in [9.17, 15) is 0 Å². The van der Waals surface area contributed by atoms with Crippen molar-refractivity contribution >= 4 is 40.2 Å². The molecule has 0 N–H and O–H groups in total. The second-order valence-corrected chi connectivity index (χ2v) is 7.12. The fourth-order valence-electron chi connectivity index (χ4n) is 2.05. The number of anilines is 2. The van der Waals surface area contributed by atoms with Gasteiger partial charge < -0.3 is 0 Å². The lowest BCUT2D eigenvalue weighted by Crippen LogP contribution is -2.08. The molecule has 0 aliphatic rings. The zero-order valence-corrected chi connectivity index (χ0v) is 14.5. The van der Waals surface area contributed by atoms with E-state index in [2.05, 4.69) is 58.9 Å². The van der Waals surface area contributed by atoms with Crippen molar-refractivity contribution < 1.29 is 0 Å². The van der Waals surface area contributed by atoms with Crippen LogP contribution in [0.3, 0.4) is 0 Å². The first-order chi connectivity index (χ1) is 10.3. The van der Waals surface area contributed by atoms with E-state index in [1.165, 1.54) is 12.8 Å². The Kier molecular flexibility index (Phi) is 6.73. The maximum Gasteiger partial charge on any atom is 0.0652 e. The first kappa shape index (κ1) is 16.0. The summed E-state index contributed by atoms with van der Waals surface area (Å²) in [5, 5.41) is 6.66. The first-order valence-corrected chi connectivity index (χ1v) is 8.58. The number of para-hydroxylation sites is 2. The van der Waals surface area contributed by atoms with Crippen LogP contribution in [0, 0.1) is 0 Å². The molecule has 2 nitrogen and oxygen atoms in total. The van der Waals surface area contributed by atoms with Crippen LogP contribution in [0.4, 0.5) is 11.4 Å². The summed E-state index contributed by atoms with van der Waals surface area (Å²) in [5.41, 5.74) is 2.17. The Morgan fingerprint density at radius 3 is 2.00 bits per heavy atom. The highest BCUT2D eigenvalue weighted by atomic mass is 127. The van der Waals surface area contributed by atoms with Crippen molar-refractivity contribution in [2.45, 2.75) is 30.1 Å². The highest BCUT2D eigenvalue weighted by Crippen LogP contribution is 2.24. The monoisotopic (exact) mass is 392 g/mol. The van der Waals surface area contributed by atoms with Gasteiger partial charge in [0, 0.05) is 10.1 Å². The fourth-order valence-corrected chi connectivity index (χ4v) is 2.49. The molecule has 2 aromatic carbocycles. The molecule has 1 unspecified atom stereocenters. The van der Waals surface area contributed by atoms with Crippen LogP contribution in [0.25, 0.3) is 0 Å². The Morgan fingerprint density at radius 1 is 1.00 bits per heavy atom. The number of benzene rings is 2. The molecule has 0 aliphatic carbocycles. The van der Waals surface area contributed by atoms with Gasteiger partial charge in [0.15, 0.2) is 0 Å². The lowest BCUT2D eigenvalue weighted by Gasteiger charge is -2.19. The SMILES string of the molecule is CC(I)CCC/C=N/N(c1ccccc1)c1ccccc1. The van der Waals surface area contributed by atoms with Crippen molar-refractivity contribution in [3.63, 3.8) is 0 Å². The van der Waals surface area contributed by atoms with Crippen LogP contribution in [0.1, 0.15) is 26.2 Å². The molecule has 0 amide bonds. The minimum absolute atomic E-state index is 0.732. The van der Waals surface area contributed by atoms with Crippen molar-refractivity contribution in [1.82, 2.24) is 0 Å². The normalized spacial score (nSPS) is 12.5. The quantitative estimate of drug-likeness (QED) is 0.191. The van der Waals surface area contributed by atoms with Gasteiger partial charge in [-0.05, 0) is 43.5 Å². The molecule has 0 aliphatic heterocycles. The minimum atomic E-state index is 0.732. The predicted octanol–water partition coefficient (Wildman–Crippen LogP) is 5.80. The van der Waals surface area contributed by atoms with E-state index in [4.69, 9.17) is 0 Å². The molecule has 0 aromatic heterocycles. The molecule has 2 rings (SSSR count). The van der Waals surface area contributed by atoms with Gasteiger partial charge in [0.1, 0.15) is 0 Å². The summed E-state index contributed by atoms with van der Waals surface area (Å²) in [6, 6.07) is 20.5. The second kappa shape index (κ2) is 8.82. The van der Waals surface area contributed by atoms with Crippen molar-refractivity contribution in [3.05, 3.63) is 60.7 Å². The molecular formula is C18H21IN2. The van der Waals surface area contributed by atoms with Crippen LogP contribution >= 0.6 is 22.6 Å². The number of alkyl halides is 1. The summed E-state index contributed by atoms with van der Waals surface area (Å²) < 4.78 is 0.732. The number of hydrogen-bond acceptors (Lipinski definition) is 2. The molecule has 0 heterocycles. The highest BCUT2D eigenvalue weighted by molar-refractivity contribution is 14.1. The van der Waals surface area contributed by atoms with E-state index in [0.717, 1.165) is 21.7 Å². The van der Waals surface area contributed by atoms with Crippen molar-refractivity contribution in [2.24, 2.45) is 5.10 Å². The Labute approximate surface area is 141 Å². The molecular weight excluding hydrogens is 371 g/mol. The van der Waals surface area contributed by atoms with Gasteiger partial charge in [-0.3, -0.25) is 0 Å². The number of hydrogen-bond donors (Lipinski definition) is 0. The number of unbranched alkanes of at least 4 members (excludes halogenated alkanes) is 1. The topological polar surface area (TPSA) is 15.6 Å². The van der Waals surface area contributed by atoms with E-state index in [1.54, 1.807) is 0 Å². The molecule has 0 saturated heterocycles. The largest absolute Gasteiger partial charge is 0.234 e. The zero-order chi connectivity index (χ0) is 14.9. The van der Waals surface area contributed by atoms with Crippen LogP contribution < -0.4 is 5.01 Å².